The minimum atomic E-state index is -1.77. The maximum absolute atomic E-state index is 13.0. The number of rotatable bonds is 2. The number of pyridine rings is 1. The van der Waals surface area contributed by atoms with Crippen LogP contribution in [0.25, 0.3) is 21.8 Å². The fourth-order valence-corrected chi connectivity index (χ4v) is 3.29. The quantitative estimate of drug-likeness (QED) is 0.402. The van der Waals surface area contributed by atoms with Crippen LogP contribution in [0.3, 0.4) is 0 Å². The molecule has 0 unspecified atom stereocenters. The van der Waals surface area contributed by atoms with E-state index in [-0.39, 0.29) is 23.0 Å². The van der Waals surface area contributed by atoms with Crippen LogP contribution >= 0.6 is 0 Å². The van der Waals surface area contributed by atoms with Gasteiger partial charge in [0.2, 0.25) is 0 Å². The molecule has 0 aliphatic carbocycles. The first-order valence-electron chi connectivity index (χ1n) is 7.98. The van der Waals surface area contributed by atoms with E-state index in [4.69, 9.17) is 4.74 Å². The molecule has 0 radical (unpaired) electrons. The van der Waals surface area contributed by atoms with E-state index in [1.54, 1.807) is 12.1 Å². The smallest absolute Gasteiger partial charge is 0.423 e. The summed E-state index contributed by atoms with van der Waals surface area (Å²) in [4.78, 5) is 21.5. The molecule has 128 valence electrons. The van der Waals surface area contributed by atoms with Crippen LogP contribution in [0.1, 0.15) is 12.5 Å². The Morgan fingerprint density at radius 2 is 2.08 bits per heavy atom. The van der Waals surface area contributed by atoms with Crippen LogP contribution in [0, 0.1) is 0 Å². The van der Waals surface area contributed by atoms with Gasteiger partial charge in [0.1, 0.15) is 0 Å². The molecule has 3 heterocycles. The van der Waals surface area contributed by atoms with E-state index in [2.05, 4.69) is 9.97 Å². The monoisotopic (exact) mass is 341 g/mol. The Kier molecular flexibility index (Phi) is 4.00. The Morgan fingerprint density at radius 1 is 1.24 bits per heavy atom. The molecule has 8 nitrogen and oxygen atoms in total. The summed E-state index contributed by atoms with van der Waals surface area (Å²) in [6, 6.07) is 4.30. The molecule has 1 aliphatic rings. The molecule has 0 saturated carbocycles. The van der Waals surface area contributed by atoms with Crippen molar-refractivity contribution in [2.24, 2.45) is 0 Å². The van der Waals surface area contributed by atoms with Gasteiger partial charge in [-0.05, 0) is 24.6 Å². The number of hydrogen-bond donors (Lipinski definition) is 3. The van der Waals surface area contributed by atoms with E-state index < -0.39 is 19.3 Å². The zero-order chi connectivity index (χ0) is 17.6. The third-order valence-corrected chi connectivity index (χ3v) is 4.59. The number of aliphatic hydroxyl groups excluding tert-OH is 1. The molecule has 1 fully saturated rings. The van der Waals surface area contributed by atoms with Gasteiger partial charge in [0.15, 0.2) is 0 Å². The van der Waals surface area contributed by atoms with Gasteiger partial charge < -0.3 is 19.9 Å². The van der Waals surface area contributed by atoms with E-state index in [9.17, 15) is 19.9 Å². The topological polar surface area (TPSA) is 118 Å². The molecule has 3 aromatic rings. The Hall–Kier alpha value is -2.33. The number of fused-ring (bicyclic) bond motifs is 3. The summed E-state index contributed by atoms with van der Waals surface area (Å²) in [5.74, 6) is 0. The second kappa shape index (κ2) is 6.19. The highest BCUT2D eigenvalue weighted by molar-refractivity contribution is 6.62. The predicted octanol–water partition coefficient (Wildman–Crippen LogP) is -1.05. The Morgan fingerprint density at radius 3 is 2.84 bits per heavy atom. The highest BCUT2D eigenvalue weighted by atomic mass is 16.5. The first kappa shape index (κ1) is 16.2. The lowest BCUT2D eigenvalue weighted by Gasteiger charge is -2.29. The third kappa shape index (κ3) is 2.61. The standard InChI is InChI=1S/C16H16BN3O5/c21-13-3-5-25-7-12(13)20-8-19-14-9-2-1-4-18-15(9)11(17(23)24)6-10(14)16(20)22/h1-2,4,6,8,12-13,21,23-24H,3,5,7H2/t12-,13-/m0/s1. The van der Waals surface area contributed by atoms with Crippen molar-refractivity contribution in [2.45, 2.75) is 18.6 Å². The van der Waals surface area contributed by atoms with Crippen molar-refractivity contribution in [2.75, 3.05) is 13.2 Å². The maximum Gasteiger partial charge on any atom is 0.490 e. The van der Waals surface area contributed by atoms with Crippen molar-refractivity contribution >= 4 is 34.4 Å². The molecule has 9 heteroatoms. The van der Waals surface area contributed by atoms with Crippen molar-refractivity contribution in [1.29, 1.82) is 0 Å². The van der Waals surface area contributed by atoms with E-state index in [0.717, 1.165) is 0 Å². The summed E-state index contributed by atoms with van der Waals surface area (Å²) >= 11 is 0. The van der Waals surface area contributed by atoms with Crippen molar-refractivity contribution < 1.29 is 19.9 Å². The van der Waals surface area contributed by atoms with Gasteiger partial charge in [0, 0.05) is 23.7 Å². The number of hydrogen-bond acceptors (Lipinski definition) is 7. The van der Waals surface area contributed by atoms with E-state index in [0.29, 0.717) is 29.4 Å². The van der Waals surface area contributed by atoms with Crippen molar-refractivity contribution in [3.05, 3.63) is 41.1 Å². The van der Waals surface area contributed by atoms with Crippen molar-refractivity contribution in [3.63, 3.8) is 0 Å². The largest absolute Gasteiger partial charge is 0.490 e. The van der Waals surface area contributed by atoms with E-state index >= 15 is 0 Å². The second-order valence-electron chi connectivity index (χ2n) is 6.09. The van der Waals surface area contributed by atoms with Crippen LogP contribution in [0.4, 0.5) is 0 Å². The number of aromatic nitrogens is 3. The molecule has 4 rings (SSSR count). The summed E-state index contributed by atoms with van der Waals surface area (Å²) in [6.45, 7) is 0.670. The van der Waals surface area contributed by atoms with Gasteiger partial charge in [-0.2, -0.15) is 0 Å². The molecule has 3 N–H and O–H groups in total. The molecule has 0 spiro atoms. The molecule has 2 aromatic heterocycles. The van der Waals surface area contributed by atoms with Crippen molar-refractivity contribution in [3.8, 4) is 0 Å². The zero-order valence-corrected chi connectivity index (χ0v) is 13.2. The first-order chi connectivity index (χ1) is 12.1. The summed E-state index contributed by atoms with van der Waals surface area (Å²) in [6.07, 6.45) is 2.68. The fourth-order valence-electron chi connectivity index (χ4n) is 3.29. The van der Waals surface area contributed by atoms with Crippen LogP contribution in [0.15, 0.2) is 35.5 Å². The summed E-state index contributed by atoms with van der Waals surface area (Å²) in [7, 11) is -1.77. The third-order valence-electron chi connectivity index (χ3n) is 4.59. The van der Waals surface area contributed by atoms with Crippen LogP contribution in [0.5, 0.6) is 0 Å². The van der Waals surface area contributed by atoms with Gasteiger partial charge in [-0.15, -0.1) is 0 Å². The van der Waals surface area contributed by atoms with Gasteiger partial charge in [-0.25, -0.2) is 4.98 Å². The lowest BCUT2D eigenvalue weighted by atomic mass is 9.78. The van der Waals surface area contributed by atoms with Gasteiger partial charge in [-0.1, -0.05) is 0 Å². The van der Waals surface area contributed by atoms with E-state index in [1.165, 1.54) is 23.2 Å². The van der Waals surface area contributed by atoms with Crippen LogP contribution in [-0.2, 0) is 4.74 Å². The Bertz CT molecular complexity index is 1010. The molecule has 0 amide bonds. The molecular formula is C16H16BN3O5. The number of ether oxygens (including phenoxy) is 1. The number of aliphatic hydroxyl groups is 1. The van der Waals surface area contributed by atoms with Crippen LogP contribution in [0.2, 0.25) is 0 Å². The second-order valence-corrected chi connectivity index (χ2v) is 6.09. The molecule has 1 aromatic carbocycles. The average molecular weight is 341 g/mol. The number of nitrogens with zero attached hydrogens (tertiary/aromatic N) is 3. The Labute approximate surface area is 142 Å². The lowest BCUT2D eigenvalue weighted by molar-refractivity contribution is -0.0303. The van der Waals surface area contributed by atoms with Gasteiger partial charge in [-0.3, -0.25) is 14.3 Å². The summed E-state index contributed by atoms with van der Waals surface area (Å²) in [5, 5.41) is 30.3. The summed E-state index contributed by atoms with van der Waals surface area (Å²) in [5.41, 5.74) is 0.586. The van der Waals surface area contributed by atoms with Gasteiger partial charge in [0.05, 0.1) is 41.5 Å². The highest BCUT2D eigenvalue weighted by Crippen LogP contribution is 2.22. The fraction of sp³-hybridized carbons (Fsp3) is 0.312. The summed E-state index contributed by atoms with van der Waals surface area (Å²) < 4.78 is 6.72. The minimum absolute atomic E-state index is 0.139. The van der Waals surface area contributed by atoms with Gasteiger partial charge >= 0.3 is 7.12 Å². The van der Waals surface area contributed by atoms with E-state index in [1.807, 2.05) is 0 Å². The molecule has 0 bridgehead atoms. The normalized spacial score (nSPS) is 20.9. The SMILES string of the molecule is O=c1c2cc(B(O)O)c3ncccc3c2ncn1[C@H]1COCC[C@@H]1O. The minimum Gasteiger partial charge on any atom is -0.423 e. The molecule has 2 atom stereocenters. The van der Waals surface area contributed by atoms with Crippen molar-refractivity contribution in [1.82, 2.24) is 14.5 Å². The lowest BCUT2D eigenvalue weighted by Crippen LogP contribution is -2.39. The number of benzene rings is 1. The molecule has 1 saturated heterocycles. The molecule has 1 aliphatic heterocycles. The zero-order valence-electron chi connectivity index (χ0n) is 13.2. The molecule has 25 heavy (non-hydrogen) atoms. The maximum atomic E-state index is 13.0. The highest BCUT2D eigenvalue weighted by Gasteiger charge is 2.27. The average Bonchev–Trinajstić information content (AvgIpc) is 2.62. The Balaban J connectivity index is 2.01. The van der Waals surface area contributed by atoms with Crippen LogP contribution < -0.4 is 11.0 Å². The first-order valence-corrected chi connectivity index (χ1v) is 7.98. The predicted molar refractivity (Wildman–Crippen MR) is 91.6 cm³/mol. The van der Waals surface area contributed by atoms with Gasteiger partial charge in [0.25, 0.3) is 5.56 Å². The van der Waals surface area contributed by atoms with Crippen LogP contribution in [-0.4, -0.2) is 56.1 Å². The molecular weight excluding hydrogens is 325 g/mol.